The second-order valence-electron chi connectivity index (χ2n) is 9.93. The van der Waals surface area contributed by atoms with Crippen LogP contribution in [0.4, 0.5) is 0 Å². The third-order valence-corrected chi connectivity index (χ3v) is 7.35. The number of benzene rings is 4. The van der Waals surface area contributed by atoms with E-state index in [2.05, 4.69) is 108 Å². The van der Waals surface area contributed by atoms with E-state index in [0.29, 0.717) is 0 Å². The monoisotopic (exact) mass is 492 g/mol. The molecule has 0 bridgehead atoms. The Hall–Kier alpha value is -4.70. The molecule has 184 valence electrons. The van der Waals surface area contributed by atoms with E-state index in [1.165, 1.54) is 44.5 Å². The van der Waals surface area contributed by atoms with Gasteiger partial charge < -0.3 is 0 Å². The van der Waals surface area contributed by atoms with E-state index >= 15 is 0 Å². The van der Waals surface area contributed by atoms with Crippen LogP contribution in [0.5, 0.6) is 0 Å². The highest BCUT2D eigenvalue weighted by Gasteiger charge is 2.18. The van der Waals surface area contributed by atoms with Gasteiger partial charge in [0, 0.05) is 35.9 Å². The van der Waals surface area contributed by atoms with Crippen molar-refractivity contribution in [1.29, 1.82) is 0 Å². The van der Waals surface area contributed by atoms with E-state index in [1.807, 2.05) is 24.8 Å². The summed E-state index contributed by atoms with van der Waals surface area (Å²) in [6.45, 7) is 8.70. The van der Waals surface area contributed by atoms with Crippen LogP contribution in [0.1, 0.15) is 22.3 Å². The Morgan fingerprint density at radius 2 is 0.763 bits per heavy atom. The van der Waals surface area contributed by atoms with E-state index in [1.54, 1.807) is 12.7 Å². The molecule has 0 aliphatic carbocycles. The fourth-order valence-electron chi connectivity index (χ4n) is 5.64. The van der Waals surface area contributed by atoms with Crippen LogP contribution in [-0.2, 0) is 0 Å². The van der Waals surface area contributed by atoms with Gasteiger partial charge in [0.25, 0.3) is 0 Å². The van der Waals surface area contributed by atoms with Gasteiger partial charge in [-0.15, -0.1) is 0 Å². The molecular formula is C34H28N4. The molecule has 0 atom stereocenters. The van der Waals surface area contributed by atoms with Gasteiger partial charge in [-0.05, 0) is 118 Å². The van der Waals surface area contributed by atoms with Gasteiger partial charge in [0.1, 0.15) is 12.7 Å². The third kappa shape index (κ3) is 4.14. The first-order chi connectivity index (χ1) is 18.5. The smallest absolute Gasteiger partial charge is 0.115 e. The molecule has 0 N–H and O–H groups in total. The molecule has 0 spiro atoms. The number of aromatic nitrogens is 4. The van der Waals surface area contributed by atoms with Gasteiger partial charge in [-0.1, -0.05) is 36.4 Å². The summed E-state index contributed by atoms with van der Waals surface area (Å²) in [6, 6.07) is 22.1. The Kier molecular flexibility index (Phi) is 6.01. The van der Waals surface area contributed by atoms with E-state index in [9.17, 15) is 0 Å². The lowest BCUT2D eigenvalue weighted by Crippen LogP contribution is -1.95. The molecule has 0 unspecified atom stereocenters. The molecule has 38 heavy (non-hydrogen) atoms. The number of nitrogens with zero attached hydrogens (tertiary/aromatic N) is 4. The maximum atomic E-state index is 4.36. The lowest BCUT2D eigenvalue weighted by atomic mass is 9.85. The van der Waals surface area contributed by atoms with Crippen molar-refractivity contribution in [3.63, 3.8) is 0 Å². The topological polar surface area (TPSA) is 51.6 Å². The van der Waals surface area contributed by atoms with Gasteiger partial charge in [0.2, 0.25) is 0 Å². The molecule has 6 aromatic rings. The normalized spacial score (nSPS) is 11.2. The van der Waals surface area contributed by atoms with Gasteiger partial charge in [-0.25, -0.2) is 19.9 Å². The van der Waals surface area contributed by atoms with Crippen LogP contribution in [0.2, 0.25) is 0 Å². The maximum absolute atomic E-state index is 4.36. The molecular weight excluding hydrogens is 464 g/mol. The average molecular weight is 493 g/mol. The van der Waals surface area contributed by atoms with Crippen LogP contribution in [0.15, 0.2) is 98.1 Å². The van der Waals surface area contributed by atoms with Crippen molar-refractivity contribution in [2.75, 3.05) is 0 Å². The Bertz CT molecular complexity index is 1620. The fraction of sp³-hybridized carbons (Fsp3) is 0.118. The lowest BCUT2D eigenvalue weighted by molar-refractivity contribution is 1.17. The van der Waals surface area contributed by atoms with Crippen molar-refractivity contribution in [3.05, 3.63) is 120 Å². The largest absolute Gasteiger partial charge is 0.244 e. The molecule has 2 heterocycles. The zero-order chi connectivity index (χ0) is 26.2. The molecule has 0 radical (unpaired) electrons. The summed E-state index contributed by atoms with van der Waals surface area (Å²) in [4.78, 5) is 17.5. The van der Waals surface area contributed by atoms with E-state index in [4.69, 9.17) is 0 Å². The minimum atomic E-state index is 0.986. The highest BCUT2D eigenvalue weighted by atomic mass is 14.8. The van der Waals surface area contributed by atoms with Crippen LogP contribution in [0, 0.1) is 27.7 Å². The lowest BCUT2D eigenvalue weighted by Gasteiger charge is -2.19. The van der Waals surface area contributed by atoms with Crippen molar-refractivity contribution in [1.82, 2.24) is 19.9 Å². The molecule has 0 saturated heterocycles. The predicted molar refractivity (Wildman–Crippen MR) is 156 cm³/mol. The number of hydrogen-bond acceptors (Lipinski definition) is 4. The molecule has 4 aromatic carbocycles. The van der Waals surface area contributed by atoms with E-state index in [0.717, 1.165) is 33.0 Å². The van der Waals surface area contributed by atoms with Gasteiger partial charge >= 0.3 is 0 Å². The zero-order valence-corrected chi connectivity index (χ0v) is 22.0. The number of rotatable bonds is 4. The summed E-state index contributed by atoms with van der Waals surface area (Å²) in [6.07, 6.45) is 10.7. The van der Waals surface area contributed by atoms with Gasteiger partial charge in [0.05, 0.1) is 0 Å². The SMILES string of the molecule is Cc1cccc(C)c1-c1cc(-c2cncnc2)c2cc(-c3c(C)cccc3C)cc(-c3cncnc3)c2c1. The highest BCUT2D eigenvalue weighted by molar-refractivity contribution is 6.09. The first-order valence-electron chi connectivity index (χ1n) is 12.8. The third-order valence-electron chi connectivity index (χ3n) is 7.35. The van der Waals surface area contributed by atoms with E-state index in [-0.39, 0.29) is 0 Å². The molecule has 0 aliphatic rings. The average Bonchev–Trinajstić information content (AvgIpc) is 2.93. The molecule has 0 aliphatic heterocycles. The Balaban J connectivity index is 1.78. The molecule has 0 saturated carbocycles. The molecule has 0 amide bonds. The quantitative estimate of drug-likeness (QED) is 0.248. The standard InChI is InChI=1S/C34H28N4/c1-21-7-5-8-22(2)33(21)25-11-29(27-15-35-19-36-16-27)32-14-26(34-23(3)9-6-10-24(34)4)12-30(31(32)13-25)28-17-37-20-38-18-28/h5-20H,1-4H3. The van der Waals surface area contributed by atoms with Gasteiger partial charge in [0.15, 0.2) is 0 Å². The van der Waals surface area contributed by atoms with Crippen molar-refractivity contribution in [3.8, 4) is 44.5 Å². The fourth-order valence-corrected chi connectivity index (χ4v) is 5.64. The zero-order valence-electron chi connectivity index (χ0n) is 22.0. The van der Waals surface area contributed by atoms with Crippen molar-refractivity contribution in [2.45, 2.75) is 27.7 Å². The minimum Gasteiger partial charge on any atom is -0.244 e. The summed E-state index contributed by atoms with van der Waals surface area (Å²) >= 11 is 0. The van der Waals surface area contributed by atoms with Crippen molar-refractivity contribution < 1.29 is 0 Å². The van der Waals surface area contributed by atoms with Gasteiger partial charge in [-0.3, -0.25) is 0 Å². The first-order valence-corrected chi connectivity index (χ1v) is 12.8. The Morgan fingerprint density at radius 3 is 1.11 bits per heavy atom. The van der Waals surface area contributed by atoms with Crippen LogP contribution >= 0.6 is 0 Å². The van der Waals surface area contributed by atoms with Gasteiger partial charge in [-0.2, -0.15) is 0 Å². The second-order valence-corrected chi connectivity index (χ2v) is 9.93. The summed E-state index contributed by atoms with van der Waals surface area (Å²) in [7, 11) is 0. The van der Waals surface area contributed by atoms with Crippen LogP contribution < -0.4 is 0 Å². The molecule has 0 fully saturated rings. The van der Waals surface area contributed by atoms with Crippen molar-refractivity contribution >= 4 is 10.8 Å². The van der Waals surface area contributed by atoms with Crippen LogP contribution in [-0.4, -0.2) is 19.9 Å². The molecule has 4 heteroatoms. The summed E-state index contributed by atoms with van der Waals surface area (Å²) in [5, 5.41) is 2.29. The molecule has 6 rings (SSSR count). The molecule has 4 nitrogen and oxygen atoms in total. The van der Waals surface area contributed by atoms with E-state index < -0.39 is 0 Å². The van der Waals surface area contributed by atoms with Crippen molar-refractivity contribution in [2.24, 2.45) is 0 Å². The highest BCUT2D eigenvalue weighted by Crippen LogP contribution is 2.43. The molecule has 2 aromatic heterocycles. The maximum Gasteiger partial charge on any atom is 0.115 e. The number of aryl methyl sites for hydroxylation is 4. The van der Waals surface area contributed by atoms with Crippen LogP contribution in [0.25, 0.3) is 55.3 Å². The number of fused-ring (bicyclic) bond motifs is 1. The minimum absolute atomic E-state index is 0.986. The predicted octanol–water partition coefficient (Wildman–Crippen LogP) is 8.32. The number of hydrogen-bond donors (Lipinski definition) is 0. The Labute approximate surface area is 223 Å². The summed E-state index contributed by atoms with van der Waals surface area (Å²) < 4.78 is 0. The van der Waals surface area contributed by atoms with Crippen LogP contribution in [0.3, 0.4) is 0 Å². The summed E-state index contributed by atoms with van der Waals surface area (Å²) in [5.74, 6) is 0. The second kappa shape index (κ2) is 9.64. The summed E-state index contributed by atoms with van der Waals surface area (Å²) in [5.41, 5.74) is 14.0. The Morgan fingerprint density at radius 1 is 0.421 bits per heavy atom. The first kappa shape index (κ1) is 23.7.